The van der Waals surface area contributed by atoms with E-state index in [1.165, 1.54) is 18.9 Å². The van der Waals surface area contributed by atoms with Crippen LogP contribution >= 0.6 is 0 Å². The Kier molecular flexibility index (Phi) is 4.74. The Balaban J connectivity index is 1.92. The van der Waals surface area contributed by atoms with Crippen molar-refractivity contribution >= 4 is 11.6 Å². The van der Waals surface area contributed by atoms with Gasteiger partial charge in [-0.25, -0.2) is 4.39 Å². The van der Waals surface area contributed by atoms with Gasteiger partial charge in [-0.2, -0.15) is 0 Å². The molecule has 104 valence electrons. The van der Waals surface area contributed by atoms with Crippen molar-refractivity contribution in [2.75, 3.05) is 25.0 Å². The van der Waals surface area contributed by atoms with Crippen LogP contribution in [0.3, 0.4) is 0 Å². The highest BCUT2D eigenvalue weighted by molar-refractivity contribution is 5.98. The van der Waals surface area contributed by atoms with E-state index in [0.717, 1.165) is 26.1 Å². The predicted molar refractivity (Wildman–Crippen MR) is 73.6 cm³/mol. The number of anilines is 1. The van der Waals surface area contributed by atoms with E-state index in [4.69, 9.17) is 5.73 Å². The topological polar surface area (TPSA) is 67.2 Å². The van der Waals surface area contributed by atoms with E-state index in [1.807, 2.05) is 0 Å². The third kappa shape index (κ3) is 3.67. The van der Waals surface area contributed by atoms with Gasteiger partial charge in [0.25, 0.3) is 5.91 Å². The van der Waals surface area contributed by atoms with Gasteiger partial charge < -0.3 is 16.4 Å². The molecule has 0 saturated carbocycles. The van der Waals surface area contributed by atoms with Gasteiger partial charge in [0.2, 0.25) is 0 Å². The Morgan fingerprint density at radius 2 is 2.37 bits per heavy atom. The van der Waals surface area contributed by atoms with Crippen LogP contribution < -0.4 is 16.4 Å². The molecular formula is C14H20FN3O. The standard InChI is InChI=1S/C14H20FN3O/c15-11-4-1-5-12(13(11)14(16)19)18-8-6-10-3-2-7-17-9-10/h1,4-5,10,17-18H,2-3,6-9H2,(H2,16,19). The number of carbonyl (C=O) groups is 1. The molecule has 5 heteroatoms. The number of primary amides is 1. The molecule has 0 bridgehead atoms. The molecule has 19 heavy (non-hydrogen) atoms. The van der Waals surface area contributed by atoms with Crippen LogP contribution in [0.4, 0.5) is 10.1 Å². The number of halogens is 1. The number of amides is 1. The van der Waals surface area contributed by atoms with Crippen LogP contribution in [0.2, 0.25) is 0 Å². The summed E-state index contributed by atoms with van der Waals surface area (Å²) in [6, 6.07) is 4.50. The zero-order valence-electron chi connectivity index (χ0n) is 10.9. The fourth-order valence-corrected chi connectivity index (χ4v) is 2.50. The summed E-state index contributed by atoms with van der Waals surface area (Å²) in [5, 5.41) is 6.47. The molecule has 1 aromatic carbocycles. The van der Waals surface area contributed by atoms with E-state index in [9.17, 15) is 9.18 Å². The van der Waals surface area contributed by atoms with Crippen LogP contribution in [0, 0.1) is 11.7 Å². The first kappa shape index (κ1) is 13.8. The molecule has 2 rings (SSSR count). The number of rotatable bonds is 5. The van der Waals surface area contributed by atoms with Crippen LogP contribution in [0.15, 0.2) is 18.2 Å². The minimum atomic E-state index is -0.736. The Hall–Kier alpha value is -1.62. The van der Waals surface area contributed by atoms with Gasteiger partial charge >= 0.3 is 0 Å². The lowest BCUT2D eigenvalue weighted by molar-refractivity contribution is 0.0997. The lowest BCUT2D eigenvalue weighted by Crippen LogP contribution is -2.30. The maximum absolute atomic E-state index is 13.5. The van der Waals surface area contributed by atoms with Gasteiger partial charge in [-0.3, -0.25) is 4.79 Å². The van der Waals surface area contributed by atoms with Crippen LogP contribution in [-0.2, 0) is 0 Å². The fourth-order valence-electron chi connectivity index (χ4n) is 2.50. The minimum absolute atomic E-state index is 0.0516. The zero-order chi connectivity index (χ0) is 13.7. The molecule has 1 heterocycles. The monoisotopic (exact) mass is 265 g/mol. The van der Waals surface area contributed by atoms with Gasteiger partial charge in [0.1, 0.15) is 5.82 Å². The molecule has 1 aromatic rings. The van der Waals surface area contributed by atoms with Gasteiger partial charge in [0.05, 0.1) is 5.56 Å². The lowest BCUT2D eigenvalue weighted by Gasteiger charge is -2.23. The molecule has 4 nitrogen and oxygen atoms in total. The zero-order valence-corrected chi connectivity index (χ0v) is 10.9. The Morgan fingerprint density at radius 3 is 3.05 bits per heavy atom. The number of nitrogens with two attached hydrogens (primary N) is 1. The first-order valence-electron chi connectivity index (χ1n) is 6.71. The molecule has 0 radical (unpaired) electrons. The van der Waals surface area contributed by atoms with Crippen molar-refractivity contribution in [3.8, 4) is 0 Å². The molecule has 1 fully saturated rings. The third-order valence-corrected chi connectivity index (χ3v) is 3.53. The van der Waals surface area contributed by atoms with Crippen LogP contribution in [0.1, 0.15) is 29.6 Å². The second kappa shape index (κ2) is 6.52. The van der Waals surface area contributed by atoms with Crippen molar-refractivity contribution in [2.45, 2.75) is 19.3 Å². The summed E-state index contributed by atoms with van der Waals surface area (Å²) in [7, 11) is 0. The summed E-state index contributed by atoms with van der Waals surface area (Å²) in [6.45, 7) is 2.85. The molecule has 1 atom stereocenters. The number of carbonyl (C=O) groups excluding carboxylic acids is 1. The highest BCUT2D eigenvalue weighted by Gasteiger charge is 2.15. The largest absolute Gasteiger partial charge is 0.384 e. The first-order chi connectivity index (χ1) is 9.18. The van der Waals surface area contributed by atoms with E-state index in [0.29, 0.717) is 11.6 Å². The summed E-state index contributed by atoms with van der Waals surface area (Å²) < 4.78 is 13.5. The number of hydrogen-bond acceptors (Lipinski definition) is 3. The third-order valence-electron chi connectivity index (χ3n) is 3.53. The fraction of sp³-hybridized carbons (Fsp3) is 0.500. The Morgan fingerprint density at radius 1 is 1.53 bits per heavy atom. The normalized spacial score (nSPS) is 19.1. The minimum Gasteiger partial charge on any atom is -0.384 e. The smallest absolute Gasteiger partial charge is 0.253 e. The molecular weight excluding hydrogens is 245 g/mol. The molecule has 1 saturated heterocycles. The Labute approximate surface area is 112 Å². The maximum atomic E-state index is 13.5. The van der Waals surface area contributed by atoms with E-state index < -0.39 is 11.7 Å². The van der Waals surface area contributed by atoms with Crippen LogP contribution in [-0.4, -0.2) is 25.5 Å². The number of nitrogens with one attached hydrogen (secondary N) is 2. The van der Waals surface area contributed by atoms with Crippen molar-refractivity contribution in [1.82, 2.24) is 5.32 Å². The van der Waals surface area contributed by atoms with Gasteiger partial charge in [-0.1, -0.05) is 6.07 Å². The number of piperidine rings is 1. The quantitative estimate of drug-likeness (QED) is 0.759. The van der Waals surface area contributed by atoms with Crippen molar-refractivity contribution in [3.05, 3.63) is 29.6 Å². The second-order valence-corrected chi connectivity index (χ2v) is 4.95. The summed E-state index contributed by atoms with van der Waals surface area (Å²) in [5.74, 6) is -0.663. The van der Waals surface area contributed by atoms with Gasteiger partial charge in [-0.05, 0) is 50.4 Å². The molecule has 1 unspecified atom stereocenters. The average molecular weight is 265 g/mol. The van der Waals surface area contributed by atoms with Crippen molar-refractivity contribution in [1.29, 1.82) is 0 Å². The highest BCUT2D eigenvalue weighted by atomic mass is 19.1. The van der Waals surface area contributed by atoms with Crippen LogP contribution in [0.25, 0.3) is 0 Å². The first-order valence-corrected chi connectivity index (χ1v) is 6.71. The van der Waals surface area contributed by atoms with Crippen molar-refractivity contribution < 1.29 is 9.18 Å². The number of benzene rings is 1. The predicted octanol–water partition coefficient (Wildman–Crippen LogP) is 1.73. The molecule has 1 aliphatic heterocycles. The molecule has 0 aromatic heterocycles. The summed E-state index contributed by atoms with van der Waals surface area (Å²) in [4.78, 5) is 11.2. The molecule has 0 spiro atoms. The average Bonchev–Trinajstić information content (AvgIpc) is 2.39. The van der Waals surface area contributed by atoms with Gasteiger partial charge in [0, 0.05) is 12.2 Å². The molecule has 1 aliphatic rings. The molecule has 0 aliphatic carbocycles. The molecule has 1 amide bonds. The van der Waals surface area contributed by atoms with E-state index in [-0.39, 0.29) is 5.56 Å². The van der Waals surface area contributed by atoms with E-state index in [2.05, 4.69) is 10.6 Å². The molecule has 4 N–H and O–H groups in total. The van der Waals surface area contributed by atoms with Crippen molar-refractivity contribution in [2.24, 2.45) is 11.7 Å². The van der Waals surface area contributed by atoms with Crippen LogP contribution in [0.5, 0.6) is 0 Å². The van der Waals surface area contributed by atoms with E-state index >= 15 is 0 Å². The number of hydrogen-bond donors (Lipinski definition) is 3. The summed E-state index contributed by atoms with van der Waals surface area (Å²) in [5.41, 5.74) is 5.63. The SMILES string of the molecule is NC(=O)c1c(F)cccc1NCCC1CCCNC1. The Bertz CT molecular complexity index is 444. The van der Waals surface area contributed by atoms with Gasteiger partial charge in [0.15, 0.2) is 0 Å². The van der Waals surface area contributed by atoms with Crippen molar-refractivity contribution in [3.63, 3.8) is 0 Å². The second-order valence-electron chi connectivity index (χ2n) is 4.95. The maximum Gasteiger partial charge on any atom is 0.253 e. The van der Waals surface area contributed by atoms with E-state index in [1.54, 1.807) is 12.1 Å². The highest BCUT2D eigenvalue weighted by Crippen LogP contribution is 2.19. The van der Waals surface area contributed by atoms with Gasteiger partial charge in [-0.15, -0.1) is 0 Å². The summed E-state index contributed by atoms with van der Waals surface area (Å²) in [6.07, 6.45) is 3.43. The lowest BCUT2D eigenvalue weighted by atomic mass is 9.96. The summed E-state index contributed by atoms with van der Waals surface area (Å²) >= 11 is 0.